The smallest absolute Gasteiger partial charge is 0.323 e. The number of benzene rings is 1. The third kappa shape index (κ3) is 6.56. The third-order valence-corrected chi connectivity index (χ3v) is 3.13. The lowest BCUT2D eigenvalue weighted by Crippen LogP contribution is -2.34. The van der Waals surface area contributed by atoms with Gasteiger partial charge in [-0.3, -0.25) is 4.79 Å². The van der Waals surface area contributed by atoms with Gasteiger partial charge in [-0.25, -0.2) is 0 Å². The lowest BCUT2D eigenvalue weighted by Gasteiger charge is -2.09. The highest BCUT2D eigenvalue weighted by Crippen LogP contribution is 2.12. The molecule has 0 fully saturated rings. The second kappa shape index (κ2) is 9.33. The number of carbonyl (C=O) groups is 1. The number of thioether (sulfide) groups is 1. The van der Waals surface area contributed by atoms with Gasteiger partial charge in [-0.2, -0.15) is 11.8 Å². The number of halogens is 1. The number of nitrogens with two attached hydrogens (primary N) is 1. The van der Waals surface area contributed by atoms with E-state index in [1.54, 1.807) is 18.7 Å². The summed E-state index contributed by atoms with van der Waals surface area (Å²) in [5.74, 6) is 1.14. The van der Waals surface area contributed by atoms with E-state index in [0.29, 0.717) is 12.4 Å². The van der Waals surface area contributed by atoms with Crippen molar-refractivity contribution in [3.05, 3.63) is 35.9 Å². The van der Waals surface area contributed by atoms with Gasteiger partial charge in [-0.05, 0) is 12.5 Å². The zero-order chi connectivity index (χ0) is 11.8. The van der Waals surface area contributed by atoms with Crippen molar-refractivity contribution in [2.75, 3.05) is 12.4 Å². The first-order valence-corrected chi connectivity index (χ1v) is 6.43. The van der Waals surface area contributed by atoms with Crippen molar-refractivity contribution in [3.8, 4) is 0 Å². The van der Waals surface area contributed by atoms with Crippen LogP contribution in [0.15, 0.2) is 30.3 Å². The lowest BCUT2D eigenvalue weighted by atomic mass is 10.2. The van der Waals surface area contributed by atoms with Crippen LogP contribution in [0.1, 0.15) is 12.5 Å². The maximum absolute atomic E-state index is 11.2. The highest BCUT2D eigenvalue weighted by atomic mass is 35.5. The number of rotatable bonds is 6. The van der Waals surface area contributed by atoms with Gasteiger partial charge in [0.1, 0.15) is 6.04 Å². The first-order valence-electron chi connectivity index (χ1n) is 5.28. The van der Waals surface area contributed by atoms with Gasteiger partial charge in [0.15, 0.2) is 0 Å². The second-order valence-corrected chi connectivity index (χ2v) is 4.39. The van der Waals surface area contributed by atoms with Gasteiger partial charge >= 0.3 is 5.97 Å². The molecular formula is C12H18ClNO2S. The van der Waals surface area contributed by atoms with E-state index in [9.17, 15) is 4.79 Å². The maximum Gasteiger partial charge on any atom is 0.323 e. The van der Waals surface area contributed by atoms with Crippen molar-refractivity contribution in [3.63, 3.8) is 0 Å². The minimum atomic E-state index is -0.520. The predicted octanol–water partition coefficient (Wildman–Crippen LogP) is 2.23. The summed E-state index contributed by atoms with van der Waals surface area (Å²) in [5, 5.41) is 0. The quantitative estimate of drug-likeness (QED) is 0.809. The Balaban J connectivity index is 0.00000256. The molecule has 0 aliphatic carbocycles. The van der Waals surface area contributed by atoms with E-state index in [1.165, 1.54) is 5.56 Å². The Labute approximate surface area is 113 Å². The molecule has 5 heteroatoms. The van der Waals surface area contributed by atoms with Crippen LogP contribution in [0.3, 0.4) is 0 Å². The second-order valence-electron chi connectivity index (χ2n) is 3.36. The van der Waals surface area contributed by atoms with E-state index in [1.807, 2.05) is 18.2 Å². The molecule has 1 atom stereocenters. The van der Waals surface area contributed by atoms with Crippen LogP contribution in [0.2, 0.25) is 0 Å². The molecule has 2 N–H and O–H groups in total. The molecule has 0 saturated heterocycles. The van der Waals surface area contributed by atoms with Crippen LogP contribution in [0.25, 0.3) is 0 Å². The topological polar surface area (TPSA) is 52.3 Å². The molecule has 3 nitrogen and oxygen atoms in total. The summed E-state index contributed by atoms with van der Waals surface area (Å²) < 4.78 is 4.83. The summed E-state index contributed by atoms with van der Waals surface area (Å²) in [6, 6.07) is 9.58. The van der Waals surface area contributed by atoms with Crippen molar-refractivity contribution in [2.45, 2.75) is 18.7 Å². The maximum atomic E-state index is 11.2. The first kappa shape index (κ1) is 16.3. The molecule has 0 saturated carbocycles. The Morgan fingerprint density at radius 2 is 2.06 bits per heavy atom. The van der Waals surface area contributed by atoms with Crippen LogP contribution in [0.5, 0.6) is 0 Å². The minimum Gasteiger partial charge on any atom is -0.465 e. The molecule has 1 rings (SSSR count). The molecule has 0 spiro atoms. The molecule has 0 aliphatic heterocycles. The Morgan fingerprint density at radius 3 is 2.65 bits per heavy atom. The van der Waals surface area contributed by atoms with Crippen LogP contribution in [-0.4, -0.2) is 24.4 Å². The molecular weight excluding hydrogens is 258 g/mol. The fourth-order valence-electron chi connectivity index (χ4n) is 1.20. The van der Waals surface area contributed by atoms with Gasteiger partial charge in [0.05, 0.1) is 6.61 Å². The fraction of sp³-hybridized carbons (Fsp3) is 0.417. The summed E-state index contributed by atoms with van der Waals surface area (Å²) >= 11 is 1.64. The van der Waals surface area contributed by atoms with Gasteiger partial charge in [0, 0.05) is 11.5 Å². The van der Waals surface area contributed by atoms with Crippen LogP contribution >= 0.6 is 24.2 Å². The summed E-state index contributed by atoms with van der Waals surface area (Å²) in [6.07, 6.45) is 0. The zero-order valence-electron chi connectivity index (χ0n) is 9.80. The molecule has 0 aliphatic rings. The molecule has 0 unspecified atom stereocenters. The summed E-state index contributed by atoms with van der Waals surface area (Å²) in [6.45, 7) is 2.16. The number of ether oxygens (including phenoxy) is 1. The van der Waals surface area contributed by atoms with E-state index in [0.717, 1.165) is 5.75 Å². The lowest BCUT2D eigenvalue weighted by molar-refractivity contribution is -0.144. The molecule has 0 aromatic heterocycles. The number of esters is 1. The zero-order valence-corrected chi connectivity index (χ0v) is 11.4. The number of hydrogen-bond donors (Lipinski definition) is 1. The molecule has 17 heavy (non-hydrogen) atoms. The summed E-state index contributed by atoms with van der Waals surface area (Å²) in [5.41, 5.74) is 6.91. The summed E-state index contributed by atoms with van der Waals surface area (Å²) in [7, 11) is 0. The Morgan fingerprint density at radius 1 is 1.41 bits per heavy atom. The third-order valence-electron chi connectivity index (χ3n) is 2.00. The largest absolute Gasteiger partial charge is 0.465 e. The molecule has 0 heterocycles. The van der Waals surface area contributed by atoms with E-state index < -0.39 is 6.04 Å². The predicted molar refractivity (Wildman–Crippen MR) is 74.5 cm³/mol. The first-order chi connectivity index (χ1) is 7.74. The highest BCUT2D eigenvalue weighted by molar-refractivity contribution is 7.98. The van der Waals surface area contributed by atoms with Gasteiger partial charge in [0.2, 0.25) is 0 Å². The van der Waals surface area contributed by atoms with Gasteiger partial charge in [-0.15, -0.1) is 12.4 Å². The van der Waals surface area contributed by atoms with Crippen molar-refractivity contribution in [2.24, 2.45) is 5.73 Å². The average molecular weight is 276 g/mol. The molecule has 1 aromatic rings. The van der Waals surface area contributed by atoms with Gasteiger partial charge in [-0.1, -0.05) is 30.3 Å². The monoisotopic (exact) mass is 275 g/mol. The van der Waals surface area contributed by atoms with Crippen LogP contribution < -0.4 is 5.73 Å². The molecule has 0 radical (unpaired) electrons. The standard InChI is InChI=1S/C12H17NO2S.ClH/c1-2-15-12(14)11(13)9-16-8-10-6-4-3-5-7-10;/h3-7,11H,2,8-9,13H2,1H3;1H/t11-;/m1./s1. The van der Waals surface area contributed by atoms with Gasteiger partial charge < -0.3 is 10.5 Å². The molecule has 96 valence electrons. The van der Waals surface area contributed by atoms with E-state index in [2.05, 4.69) is 12.1 Å². The Kier molecular flexibility index (Phi) is 8.94. The van der Waals surface area contributed by atoms with Gasteiger partial charge in [0.25, 0.3) is 0 Å². The SMILES string of the molecule is CCOC(=O)[C@H](N)CSCc1ccccc1.Cl. The van der Waals surface area contributed by atoms with Crippen LogP contribution in [0.4, 0.5) is 0 Å². The highest BCUT2D eigenvalue weighted by Gasteiger charge is 2.13. The van der Waals surface area contributed by atoms with Crippen molar-refractivity contribution in [1.82, 2.24) is 0 Å². The van der Waals surface area contributed by atoms with E-state index >= 15 is 0 Å². The number of hydrogen-bond acceptors (Lipinski definition) is 4. The summed E-state index contributed by atoms with van der Waals surface area (Å²) in [4.78, 5) is 11.2. The Hall–Kier alpha value is -0.710. The fourth-order valence-corrected chi connectivity index (χ4v) is 2.13. The Bertz CT molecular complexity index is 322. The average Bonchev–Trinajstić information content (AvgIpc) is 2.30. The molecule has 0 bridgehead atoms. The van der Waals surface area contributed by atoms with Crippen molar-refractivity contribution < 1.29 is 9.53 Å². The van der Waals surface area contributed by atoms with E-state index in [4.69, 9.17) is 10.5 Å². The number of carbonyl (C=O) groups excluding carboxylic acids is 1. The molecule has 0 amide bonds. The van der Waals surface area contributed by atoms with Crippen molar-refractivity contribution >= 4 is 30.1 Å². The van der Waals surface area contributed by atoms with Crippen LogP contribution in [0, 0.1) is 0 Å². The molecule has 1 aromatic carbocycles. The normalized spacial score (nSPS) is 11.4. The van der Waals surface area contributed by atoms with E-state index in [-0.39, 0.29) is 18.4 Å². The van der Waals surface area contributed by atoms with Crippen molar-refractivity contribution in [1.29, 1.82) is 0 Å². The van der Waals surface area contributed by atoms with Crippen LogP contribution in [-0.2, 0) is 15.3 Å². The minimum absolute atomic E-state index is 0.